The number of amides is 2. The van der Waals surface area contributed by atoms with Crippen molar-refractivity contribution < 1.29 is 22.4 Å². The first-order valence-corrected chi connectivity index (χ1v) is 14.4. The van der Waals surface area contributed by atoms with Crippen LogP contribution in [0.2, 0.25) is 5.02 Å². The minimum absolute atomic E-state index is 0.0101. The van der Waals surface area contributed by atoms with E-state index in [2.05, 4.69) is 5.32 Å². The van der Waals surface area contributed by atoms with Crippen LogP contribution < -0.4 is 9.62 Å². The third kappa shape index (κ3) is 7.58. The van der Waals surface area contributed by atoms with E-state index in [4.69, 9.17) is 11.6 Å². The van der Waals surface area contributed by atoms with Gasteiger partial charge in [0, 0.05) is 23.2 Å². The van der Waals surface area contributed by atoms with Crippen molar-refractivity contribution in [2.24, 2.45) is 0 Å². The Labute approximate surface area is 234 Å². The van der Waals surface area contributed by atoms with Gasteiger partial charge in [0.05, 0.1) is 10.6 Å². The number of halogens is 2. The molecule has 1 N–H and O–H groups in total. The van der Waals surface area contributed by atoms with Crippen LogP contribution in [0.5, 0.6) is 0 Å². The molecule has 39 heavy (non-hydrogen) atoms. The average Bonchev–Trinajstić information content (AvgIpc) is 2.90. The Bertz CT molecular complexity index is 1420. The number of sulfonamides is 1. The van der Waals surface area contributed by atoms with Gasteiger partial charge in [-0.1, -0.05) is 60.5 Å². The molecule has 10 heteroatoms. The van der Waals surface area contributed by atoms with Gasteiger partial charge in [0.2, 0.25) is 11.8 Å². The quantitative estimate of drug-likeness (QED) is 0.337. The highest BCUT2D eigenvalue weighted by Crippen LogP contribution is 2.27. The molecule has 0 saturated heterocycles. The van der Waals surface area contributed by atoms with E-state index in [0.29, 0.717) is 6.42 Å². The number of aryl methyl sites for hydroxylation is 1. The van der Waals surface area contributed by atoms with Crippen LogP contribution in [-0.2, 0) is 26.2 Å². The highest BCUT2D eigenvalue weighted by atomic mass is 35.5. The standard InChI is InChI=1S/C29H33ClFN3O4S/c1-5-21(3)32-29(36)22(4)33(18-23-9-6-7-12-27(23)31)28(35)19-34(25-11-8-10-24(30)17-25)39(37,38)26-15-13-20(2)14-16-26/h6-17,21-22H,5,18-19H2,1-4H3,(H,32,36)/t21-,22-/m1/s1. The number of hydrogen-bond donors (Lipinski definition) is 1. The molecule has 0 aliphatic carbocycles. The highest BCUT2D eigenvalue weighted by Gasteiger charge is 2.33. The summed E-state index contributed by atoms with van der Waals surface area (Å²) in [5.74, 6) is -1.64. The highest BCUT2D eigenvalue weighted by molar-refractivity contribution is 7.92. The zero-order valence-electron chi connectivity index (χ0n) is 22.4. The van der Waals surface area contributed by atoms with E-state index < -0.39 is 40.2 Å². The molecule has 0 aromatic heterocycles. The van der Waals surface area contributed by atoms with Gasteiger partial charge in [-0.2, -0.15) is 0 Å². The molecule has 2 amide bonds. The van der Waals surface area contributed by atoms with Crippen molar-refractivity contribution in [3.05, 3.63) is 94.8 Å². The summed E-state index contributed by atoms with van der Waals surface area (Å²) < 4.78 is 43.1. The summed E-state index contributed by atoms with van der Waals surface area (Å²) in [5.41, 5.74) is 1.25. The fourth-order valence-corrected chi connectivity index (χ4v) is 5.45. The molecule has 2 atom stereocenters. The van der Waals surface area contributed by atoms with Crippen molar-refractivity contribution in [2.45, 2.75) is 57.6 Å². The fourth-order valence-electron chi connectivity index (χ4n) is 3.86. The Balaban J connectivity index is 2.04. The van der Waals surface area contributed by atoms with E-state index in [0.717, 1.165) is 9.87 Å². The summed E-state index contributed by atoms with van der Waals surface area (Å²) >= 11 is 6.17. The van der Waals surface area contributed by atoms with Crippen molar-refractivity contribution >= 4 is 39.1 Å². The Morgan fingerprint density at radius 2 is 1.67 bits per heavy atom. The number of rotatable bonds is 11. The van der Waals surface area contributed by atoms with Crippen molar-refractivity contribution in [1.29, 1.82) is 0 Å². The number of hydrogen-bond acceptors (Lipinski definition) is 4. The van der Waals surface area contributed by atoms with Crippen molar-refractivity contribution in [1.82, 2.24) is 10.2 Å². The first-order chi connectivity index (χ1) is 18.4. The summed E-state index contributed by atoms with van der Waals surface area (Å²) in [6.07, 6.45) is 0.678. The molecule has 0 aliphatic heterocycles. The maximum absolute atomic E-state index is 14.6. The minimum Gasteiger partial charge on any atom is -0.352 e. The normalized spacial score (nSPS) is 12.9. The molecule has 3 aromatic carbocycles. The Hall–Kier alpha value is -3.43. The van der Waals surface area contributed by atoms with E-state index >= 15 is 0 Å². The number of carbonyl (C=O) groups is 2. The van der Waals surface area contributed by atoms with Crippen LogP contribution in [-0.4, -0.2) is 43.8 Å². The van der Waals surface area contributed by atoms with E-state index in [9.17, 15) is 22.4 Å². The van der Waals surface area contributed by atoms with Gasteiger partial charge < -0.3 is 10.2 Å². The summed E-state index contributed by atoms with van der Waals surface area (Å²) in [7, 11) is -4.21. The molecule has 7 nitrogen and oxygen atoms in total. The second kappa shape index (κ2) is 13.1. The van der Waals surface area contributed by atoms with Gasteiger partial charge in [-0.3, -0.25) is 13.9 Å². The van der Waals surface area contributed by atoms with Crippen LogP contribution in [0.4, 0.5) is 10.1 Å². The number of nitrogens with one attached hydrogen (secondary N) is 1. The molecule has 3 rings (SSSR count). The van der Waals surface area contributed by atoms with Crippen LogP contribution >= 0.6 is 11.6 Å². The lowest BCUT2D eigenvalue weighted by molar-refractivity contribution is -0.139. The second-order valence-corrected chi connectivity index (χ2v) is 11.7. The maximum Gasteiger partial charge on any atom is 0.264 e. The van der Waals surface area contributed by atoms with Gasteiger partial charge in [0.25, 0.3) is 10.0 Å². The van der Waals surface area contributed by atoms with E-state index in [-0.39, 0.29) is 33.8 Å². The zero-order chi connectivity index (χ0) is 28.7. The average molecular weight is 574 g/mol. The molecule has 208 valence electrons. The number of nitrogens with zero attached hydrogens (tertiary/aromatic N) is 2. The lowest BCUT2D eigenvalue weighted by Gasteiger charge is -2.32. The molecular formula is C29H33ClFN3O4S. The van der Waals surface area contributed by atoms with Crippen LogP contribution in [0.15, 0.2) is 77.7 Å². The van der Waals surface area contributed by atoms with Crippen LogP contribution in [0, 0.1) is 12.7 Å². The zero-order valence-corrected chi connectivity index (χ0v) is 24.0. The predicted molar refractivity (Wildman–Crippen MR) is 151 cm³/mol. The molecule has 0 spiro atoms. The van der Waals surface area contributed by atoms with Gasteiger partial charge >= 0.3 is 0 Å². The maximum atomic E-state index is 14.6. The van der Waals surface area contributed by atoms with Crippen molar-refractivity contribution in [3.63, 3.8) is 0 Å². The monoisotopic (exact) mass is 573 g/mol. The SMILES string of the molecule is CC[C@@H](C)NC(=O)[C@@H](C)N(Cc1ccccc1F)C(=O)CN(c1cccc(Cl)c1)S(=O)(=O)c1ccc(C)cc1. The first-order valence-electron chi connectivity index (χ1n) is 12.6. The molecule has 0 aliphatic rings. The third-order valence-electron chi connectivity index (χ3n) is 6.45. The molecular weight excluding hydrogens is 541 g/mol. The van der Waals surface area contributed by atoms with Crippen molar-refractivity contribution in [2.75, 3.05) is 10.8 Å². The smallest absolute Gasteiger partial charge is 0.264 e. The van der Waals surface area contributed by atoms with Gasteiger partial charge in [0.1, 0.15) is 18.4 Å². The van der Waals surface area contributed by atoms with Crippen LogP contribution in [0.25, 0.3) is 0 Å². The molecule has 0 bridgehead atoms. The topological polar surface area (TPSA) is 86.8 Å². The summed E-state index contributed by atoms with van der Waals surface area (Å²) in [4.78, 5) is 28.1. The number of carbonyl (C=O) groups excluding carboxylic acids is 2. The van der Waals surface area contributed by atoms with Crippen LogP contribution in [0.3, 0.4) is 0 Å². The fraction of sp³-hybridized carbons (Fsp3) is 0.310. The molecule has 0 radical (unpaired) electrons. The molecule has 0 unspecified atom stereocenters. The van der Waals surface area contributed by atoms with Gasteiger partial charge in [-0.15, -0.1) is 0 Å². The first kappa shape index (κ1) is 30.1. The number of benzene rings is 3. The summed E-state index contributed by atoms with van der Waals surface area (Å²) in [6, 6.07) is 17.2. The Kier molecular flexibility index (Phi) is 10.1. The number of anilines is 1. The minimum atomic E-state index is -4.21. The molecule has 0 saturated carbocycles. The predicted octanol–water partition coefficient (Wildman–Crippen LogP) is 5.31. The Morgan fingerprint density at radius 3 is 2.28 bits per heavy atom. The van der Waals surface area contributed by atoms with Crippen LogP contribution in [0.1, 0.15) is 38.3 Å². The summed E-state index contributed by atoms with van der Waals surface area (Å²) in [5, 5.41) is 3.13. The van der Waals surface area contributed by atoms with Gasteiger partial charge in [-0.05, 0) is 63.6 Å². The van der Waals surface area contributed by atoms with E-state index in [1.807, 2.05) is 20.8 Å². The largest absolute Gasteiger partial charge is 0.352 e. The van der Waals surface area contributed by atoms with E-state index in [1.54, 1.807) is 30.3 Å². The van der Waals surface area contributed by atoms with Crippen molar-refractivity contribution in [3.8, 4) is 0 Å². The molecule has 0 heterocycles. The third-order valence-corrected chi connectivity index (χ3v) is 8.47. The summed E-state index contributed by atoms with van der Waals surface area (Å²) in [6.45, 7) is 6.26. The van der Waals surface area contributed by atoms with Gasteiger partial charge in [-0.25, -0.2) is 12.8 Å². The molecule has 0 fully saturated rings. The lowest BCUT2D eigenvalue weighted by Crippen LogP contribution is -2.52. The van der Waals surface area contributed by atoms with Gasteiger partial charge in [0.15, 0.2) is 0 Å². The second-order valence-electron chi connectivity index (χ2n) is 9.41. The van der Waals surface area contributed by atoms with E-state index in [1.165, 1.54) is 54.3 Å². The molecule has 3 aromatic rings. The lowest BCUT2D eigenvalue weighted by atomic mass is 10.1. The Morgan fingerprint density at radius 1 is 1.00 bits per heavy atom.